The highest BCUT2D eigenvalue weighted by Crippen LogP contribution is 2.13. The maximum atomic E-state index is 11.7. The van der Waals surface area contributed by atoms with Gasteiger partial charge in [-0.15, -0.1) is 0 Å². The van der Waals surface area contributed by atoms with Crippen LogP contribution in [0, 0.1) is 11.8 Å². The Morgan fingerprint density at radius 3 is 1.85 bits per heavy atom. The monoisotopic (exact) mass is 292 g/mol. The zero-order chi connectivity index (χ0) is 15.5. The van der Waals surface area contributed by atoms with E-state index in [1.54, 1.807) is 0 Å². The van der Waals surface area contributed by atoms with Crippen molar-refractivity contribution in [1.29, 1.82) is 0 Å². The van der Waals surface area contributed by atoms with Crippen LogP contribution in [0.25, 0.3) is 0 Å². The molecule has 20 heavy (non-hydrogen) atoms. The smallest absolute Gasteiger partial charge is 0.334 e. The normalized spacial score (nSPS) is 12.0. The molecule has 0 unspecified atom stereocenters. The molecular weight excluding hydrogens is 272 g/mol. The average Bonchev–Trinajstić information content (AvgIpc) is 2.43. The Balaban J connectivity index is 4.70. The Labute approximate surface area is 115 Å². The molecule has 0 aliphatic heterocycles. The van der Waals surface area contributed by atoms with Crippen molar-refractivity contribution in [2.24, 2.45) is 11.8 Å². The van der Waals surface area contributed by atoms with Gasteiger partial charge in [0.15, 0.2) is 0 Å². The van der Waals surface area contributed by atoms with Crippen LogP contribution in [0.15, 0.2) is 11.6 Å². The molecule has 0 heterocycles. The van der Waals surface area contributed by atoms with Crippen molar-refractivity contribution in [3.63, 3.8) is 0 Å². The molecule has 8 nitrogen and oxygen atoms in total. The van der Waals surface area contributed by atoms with Crippen molar-refractivity contribution in [3.05, 3.63) is 11.6 Å². The van der Waals surface area contributed by atoms with Crippen LogP contribution in [0.2, 0.25) is 0 Å². The summed E-state index contributed by atoms with van der Waals surface area (Å²) < 4.78 is 4.79. The third-order valence-electron chi connectivity index (χ3n) is 2.55. The van der Waals surface area contributed by atoms with Gasteiger partial charge in [0.25, 0.3) is 0 Å². The number of aliphatic hydroxyl groups excluding tert-OH is 4. The molecule has 0 aromatic rings. The number of hydrogen-bond acceptors (Lipinski definition) is 7. The van der Waals surface area contributed by atoms with E-state index in [4.69, 9.17) is 30.3 Å². The van der Waals surface area contributed by atoms with Gasteiger partial charge in [-0.2, -0.15) is 0 Å². The summed E-state index contributed by atoms with van der Waals surface area (Å²) in [5.41, 5.74) is -0.208. The molecule has 0 amide bonds. The lowest BCUT2D eigenvalue weighted by atomic mass is 10.0. The van der Waals surface area contributed by atoms with E-state index in [0.717, 1.165) is 0 Å². The standard InChI is InChI=1S/C12H20O8/c13-3-8(4-14)1-10(2-11(17)18)12(19)20-7-9(5-15)6-16/h2,8-9,13-16H,1,3-7H2,(H,17,18). The molecule has 5 N–H and O–H groups in total. The van der Waals surface area contributed by atoms with E-state index < -0.39 is 37.0 Å². The van der Waals surface area contributed by atoms with Crippen molar-refractivity contribution < 1.29 is 39.9 Å². The van der Waals surface area contributed by atoms with Gasteiger partial charge in [0.1, 0.15) is 0 Å². The van der Waals surface area contributed by atoms with Crippen LogP contribution in [0.5, 0.6) is 0 Å². The molecule has 0 aromatic carbocycles. The van der Waals surface area contributed by atoms with Crippen LogP contribution < -0.4 is 0 Å². The largest absolute Gasteiger partial charge is 0.478 e. The SMILES string of the molecule is O=C(O)C=C(CC(CO)CO)C(=O)OCC(CO)CO. The minimum Gasteiger partial charge on any atom is -0.478 e. The van der Waals surface area contributed by atoms with Crippen molar-refractivity contribution in [1.82, 2.24) is 0 Å². The predicted molar refractivity (Wildman–Crippen MR) is 66.6 cm³/mol. The van der Waals surface area contributed by atoms with Gasteiger partial charge in [-0.25, -0.2) is 9.59 Å². The number of carboxylic acid groups (broad SMARTS) is 1. The van der Waals surface area contributed by atoms with E-state index in [1.807, 2.05) is 0 Å². The minimum atomic E-state index is -1.35. The Hall–Kier alpha value is -1.48. The fourth-order valence-corrected chi connectivity index (χ4v) is 1.30. The summed E-state index contributed by atoms with van der Waals surface area (Å²) in [6.45, 7) is -1.83. The third-order valence-corrected chi connectivity index (χ3v) is 2.55. The quantitative estimate of drug-likeness (QED) is 0.233. The van der Waals surface area contributed by atoms with Gasteiger partial charge in [-0.3, -0.25) is 0 Å². The number of esters is 1. The Morgan fingerprint density at radius 1 is 0.950 bits per heavy atom. The number of hydrogen-bond donors (Lipinski definition) is 5. The molecular formula is C12H20O8. The first-order valence-electron chi connectivity index (χ1n) is 6.02. The minimum absolute atomic E-state index is 0.152. The van der Waals surface area contributed by atoms with Gasteiger partial charge in [0.05, 0.1) is 19.8 Å². The number of aliphatic carboxylic acids is 1. The van der Waals surface area contributed by atoms with Crippen molar-refractivity contribution in [2.45, 2.75) is 6.42 Å². The van der Waals surface area contributed by atoms with Gasteiger partial charge >= 0.3 is 11.9 Å². The van der Waals surface area contributed by atoms with Gasteiger partial charge < -0.3 is 30.3 Å². The first-order chi connectivity index (χ1) is 9.48. The predicted octanol–water partition coefficient (Wildman–Crippen LogP) is -1.87. The summed E-state index contributed by atoms with van der Waals surface area (Å²) in [4.78, 5) is 22.3. The molecule has 0 aliphatic carbocycles. The first-order valence-corrected chi connectivity index (χ1v) is 6.02. The summed E-state index contributed by atoms with van der Waals surface area (Å²) in [7, 11) is 0. The Morgan fingerprint density at radius 2 is 1.45 bits per heavy atom. The number of aliphatic hydroxyl groups is 4. The number of carboxylic acids is 1. The summed E-state index contributed by atoms with van der Waals surface area (Å²) in [5, 5.41) is 44.2. The second-order valence-electron chi connectivity index (χ2n) is 4.27. The number of ether oxygens (including phenoxy) is 1. The van der Waals surface area contributed by atoms with E-state index in [-0.39, 0.29) is 31.8 Å². The number of rotatable bonds is 10. The number of carbonyl (C=O) groups is 2. The van der Waals surface area contributed by atoms with Crippen LogP contribution >= 0.6 is 0 Å². The topological polar surface area (TPSA) is 145 Å². The van der Waals surface area contributed by atoms with E-state index in [2.05, 4.69) is 0 Å². The molecule has 0 rings (SSSR count). The molecule has 0 saturated carbocycles. The zero-order valence-electron chi connectivity index (χ0n) is 10.9. The van der Waals surface area contributed by atoms with Crippen LogP contribution in [0.4, 0.5) is 0 Å². The Bertz CT molecular complexity index is 330. The highest BCUT2D eigenvalue weighted by molar-refractivity contribution is 5.95. The van der Waals surface area contributed by atoms with Gasteiger partial charge in [-0.1, -0.05) is 0 Å². The second kappa shape index (κ2) is 10.3. The third kappa shape index (κ3) is 7.19. The van der Waals surface area contributed by atoms with E-state index >= 15 is 0 Å². The molecule has 0 fully saturated rings. The lowest BCUT2D eigenvalue weighted by Crippen LogP contribution is -2.23. The van der Waals surface area contributed by atoms with E-state index in [9.17, 15) is 9.59 Å². The summed E-state index contributed by atoms with van der Waals surface area (Å²) >= 11 is 0. The molecule has 0 aromatic heterocycles. The van der Waals surface area contributed by atoms with Crippen LogP contribution in [0.3, 0.4) is 0 Å². The van der Waals surface area contributed by atoms with Crippen LogP contribution in [-0.2, 0) is 14.3 Å². The molecule has 0 atom stereocenters. The molecule has 0 radical (unpaired) electrons. The van der Waals surface area contributed by atoms with E-state index in [1.165, 1.54) is 0 Å². The van der Waals surface area contributed by atoms with Crippen molar-refractivity contribution in [2.75, 3.05) is 33.0 Å². The summed E-state index contributed by atoms with van der Waals surface area (Å²) in [5.74, 6) is -3.59. The Kier molecular flexibility index (Phi) is 9.56. The van der Waals surface area contributed by atoms with Crippen molar-refractivity contribution >= 4 is 11.9 Å². The zero-order valence-corrected chi connectivity index (χ0v) is 10.9. The fraction of sp³-hybridized carbons (Fsp3) is 0.667. The maximum absolute atomic E-state index is 11.7. The number of carbonyl (C=O) groups excluding carboxylic acids is 1. The molecule has 0 spiro atoms. The first kappa shape index (κ1) is 18.5. The molecule has 0 aliphatic rings. The molecule has 116 valence electrons. The lowest BCUT2D eigenvalue weighted by molar-refractivity contribution is -0.142. The average molecular weight is 292 g/mol. The lowest BCUT2D eigenvalue weighted by Gasteiger charge is -2.15. The van der Waals surface area contributed by atoms with Gasteiger partial charge in [-0.05, 0) is 6.42 Å². The summed E-state index contributed by atoms with van der Waals surface area (Å²) in [6, 6.07) is 0. The fourth-order valence-electron chi connectivity index (χ4n) is 1.30. The maximum Gasteiger partial charge on any atom is 0.334 e. The molecule has 8 heteroatoms. The second-order valence-corrected chi connectivity index (χ2v) is 4.27. The van der Waals surface area contributed by atoms with Gasteiger partial charge in [0.2, 0.25) is 0 Å². The van der Waals surface area contributed by atoms with Crippen LogP contribution in [0.1, 0.15) is 6.42 Å². The highest BCUT2D eigenvalue weighted by atomic mass is 16.5. The molecule has 0 bridgehead atoms. The van der Waals surface area contributed by atoms with Gasteiger partial charge in [0, 0.05) is 36.7 Å². The van der Waals surface area contributed by atoms with E-state index in [0.29, 0.717) is 6.08 Å². The highest BCUT2D eigenvalue weighted by Gasteiger charge is 2.19. The summed E-state index contributed by atoms with van der Waals surface area (Å²) in [6.07, 6.45) is 0.495. The van der Waals surface area contributed by atoms with Crippen molar-refractivity contribution in [3.8, 4) is 0 Å². The van der Waals surface area contributed by atoms with Crippen LogP contribution in [-0.4, -0.2) is 70.5 Å². The molecule has 0 saturated heterocycles.